The molecule has 1 aliphatic heterocycles. The van der Waals surface area contributed by atoms with Gasteiger partial charge in [-0.15, -0.1) is 0 Å². The summed E-state index contributed by atoms with van der Waals surface area (Å²) in [4.78, 5) is 0. The van der Waals surface area contributed by atoms with Crippen LogP contribution in [0.25, 0.3) is 0 Å². The highest BCUT2D eigenvalue weighted by molar-refractivity contribution is 5.39. The normalized spacial score (nSPS) is 29.2. The van der Waals surface area contributed by atoms with Crippen molar-refractivity contribution in [3.8, 4) is 0 Å². The minimum atomic E-state index is -1.47. The Labute approximate surface area is 177 Å². The lowest BCUT2D eigenvalue weighted by molar-refractivity contribution is -0.290. The predicted octanol–water partition coefficient (Wildman–Crippen LogP) is 1.46. The first-order chi connectivity index (χ1) is 14.4. The van der Waals surface area contributed by atoms with Gasteiger partial charge in [-0.2, -0.15) is 0 Å². The van der Waals surface area contributed by atoms with E-state index in [1.165, 1.54) is 18.2 Å². The molecule has 0 spiro atoms. The summed E-state index contributed by atoms with van der Waals surface area (Å²) in [6.07, 6.45) is -3.63. The van der Waals surface area contributed by atoms with Gasteiger partial charge in [0.15, 0.2) is 0 Å². The maximum absolute atomic E-state index is 10.9. The van der Waals surface area contributed by atoms with Gasteiger partial charge in [-0.1, -0.05) is 49.4 Å². The zero-order valence-electron chi connectivity index (χ0n) is 17.8. The fourth-order valence-corrected chi connectivity index (χ4v) is 4.13. The molecule has 2 aromatic rings. The van der Waals surface area contributed by atoms with Gasteiger partial charge in [0, 0.05) is 7.11 Å². The second-order valence-corrected chi connectivity index (χ2v) is 8.08. The number of ether oxygens (including phenoxy) is 2. The zero-order valence-corrected chi connectivity index (χ0v) is 17.8. The Morgan fingerprint density at radius 1 is 1.00 bits per heavy atom. The van der Waals surface area contributed by atoms with E-state index >= 15 is 0 Å². The van der Waals surface area contributed by atoms with Crippen molar-refractivity contribution >= 4 is 0 Å². The number of aliphatic hydroxyl groups excluding tert-OH is 4. The number of hydrogen-bond donors (Lipinski definition) is 4. The molecule has 1 heterocycles. The van der Waals surface area contributed by atoms with Crippen molar-refractivity contribution in [2.24, 2.45) is 0 Å². The van der Waals surface area contributed by atoms with E-state index in [0.29, 0.717) is 12.0 Å². The Bertz CT molecular complexity index is 834. The lowest BCUT2D eigenvalue weighted by Crippen LogP contribution is -2.65. The minimum Gasteiger partial charge on any atom is -0.394 e. The second-order valence-electron chi connectivity index (χ2n) is 8.08. The van der Waals surface area contributed by atoms with Gasteiger partial charge in [0.2, 0.25) is 0 Å². The van der Waals surface area contributed by atoms with E-state index < -0.39 is 36.6 Å². The van der Waals surface area contributed by atoms with E-state index in [0.717, 1.165) is 17.5 Å². The third-order valence-corrected chi connectivity index (χ3v) is 6.10. The summed E-state index contributed by atoms with van der Waals surface area (Å²) in [5, 5.41) is 41.1. The quantitative estimate of drug-likeness (QED) is 0.546. The van der Waals surface area contributed by atoms with E-state index in [-0.39, 0.29) is 6.61 Å². The fourth-order valence-electron chi connectivity index (χ4n) is 4.13. The van der Waals surface area contributed by atoms with Crippen molar-refractivity contribution in [1.82, 2.24) is 0 Å². The molecule has 2 unspecified atom stereocenters. The number of methoxy groups -OCH3 is 1. The summed E-state index contributed by atoms with van der Waals surface area (Å²) in [7, 11) is 1.48. The third-order valence-electron chi connectivity index (χ3n) is 6.10. The van der Waals surface area contributed by atoms with Crippen LogP contribution in [0.1, 0.15) is 34.7 Å². The minimum absolute atomic E-state index is 0.0395. The van der Waals surface area contributed by atoms with Crippen LogP contribution >= 0.6 is 0 Å². The van der Waals surface area contributed by atoms with Crippen LogP contribution in [0.2, 0.25) is 0 Å². The van der Waals surface area contributed by atoms with Gasteiger partial charge in [0.25, 0.3) is 0 Å². The van der Waals surface area contributed by atoms with Crippen molar-refractivity contribution in [3.05, 3.63) is 70.3 Å². The molecule has 0 aliphatic carbocycles. The van der Waals surface area contributed by atoms with E-state index in [2.05, 4.69) is 31.2 Å². The molecular weight excluding hydrogens is 384 g/mol. The molecule has 1 saturated heterocycles. The maximum Gasteiger partial charge on any atom is 0.145 e. The van der Waals surface area contributed by atoms with Gasteiger partial charge < -0.3 is 29.9 Å². The summed E-state index contributed by atoms with van der Waals surface area (Å²) >= 11 is 0. The smallest absolute Gasteiger partial charge is 0.145 e. The SMILES string of the molecule is CCc1ccc(Cc2cc(C3(COC)OC(CO)[C@@H](O)[C@H](O)[C@H]3O)ccc2C)cc1. The van der Waals surface area contributed by atoms with Crippen LogP contribution in [-0.2, 0) is 27.9 Å². The number of aliphatic hydroxyl groups is 4. The molecule has 2 aromatic carbocycles. The molecule has 0 saturated carbocycles. The first kappa shape index (κ1) is 22.9. The van der Waals surface area contributed by atoms with Crippen molar-refractivity contribution in [3.63, 3.8) is 0 Å². The number of benzene rings is 2. The molecule has 3 rings (SSSR count). The van der Waals surface area contributed by atoms with E-state index in [1.54, 1.807) is 0 Å². The molecule has 5 atom stereocenters. The lowest BCUT2D eigenvalue weighted by atomic mass is 9.79. The Kier molecular flexibility index (Phi) is 7.29. The van der Waals surface area contributed by atoms with Gasteiger partial charge >= 0.3 is 0 Å². The fraction of sp³-hybridized carbons (Fsp3) is 0.500. The van der Waals surface area contributed by atoms with Crippen molar-refractivity contribution in [2.75, 3.05) is 20.3 Å². The van der Waals surface area contributed by atoms with E-state index in [9.17, 15) is 20.4 Å². The Morgan fingerprint density at radius 3 is 2.27 bits per heavy atom. The highest BCUT2D eigenvalue weighted by Gasteiger charge is 2.54. The van der Waals surface area contributed by atoms with Crippen molar-refractivity contribution in [2.45, 2.75) is 56.7 Å². The van der Waals surface area contributed by atoms with Crippen molar-refractivity contribution < 1.29 is 29.9 Å². The van der Waals surface area contributed by atoms with Crippen LogP contribution in [0, 0.1) is 6.92 Å². The molecular formula is C24H32O6. The average molecular weight is 417 g/mol. The van der Waals surface area contributed by atoms with Crippen LogP contribution < -0.4 is 0 Å². The highest BCUT2D eigenvalue weighted by Crippen LogP contribution is 2.39. The Balaban J connectivity index is 1.99. The summed E-state index contributed by atoms with van der Waals surface area (Å²) in [6, 6.07) is 14.2. The van der Waals surface area contributed by atoms with Crippen LogP contribution in [0.3, 0.4) is 0 Å². The number of rotatable bonds is 7. The topological polar surface area (TPSA) is 99.4 Å². The summed E-state index contributed by atoms with van der Waals surface area (Å²) < 4.78 is 11.3. The Hall–Kier alpha value is -1.80. The highest BCUT2D eigenvalue weighted by atomic mass is 16.6. The summed E-state index contributed by atoms with van der Waals surface area (Å²) in [5.74, 6) is 0. The summed E-state index contributed by atoms with van der Waals surface area (Å²) in [6.45, 7) is 3.62. The molecule has 0 bridgehead atoms. The molecule has 6 nitrogen and oxygen atoms in total. The molecule has 164 valence electrons. The molecule has 1 aliphatic rings. The monoisotopic (exact) mass is 416 g/mol. The Morgan fingerprint density at radius 2 is 1.67 bits per heavy atom. The number of aryl methyl sites for hydroxylation is 2. The largest absolute Gasteiger partial charge is 0.394 e. The van der Waals surface area contributed by atoms with Crippen molar-refractivity contribution in [1.29, 1.82) is 0 Å². The van der Waals surface area contributed by atoms with E-state index in [1.807, 2.05) is 25.1 Å². The van der Waals surface area contributed by atoms with Gasteiger partial charge in [0.1, 0.15) is 30.0 Å². The maximum atomic E-state index is 10.9. The lowest BCUT2D eigenvalue weighted by Gasteiger charge is -2.48. The second kappa shape index (κ2) is 9.56. The summed E-state index contributed by atoms with van der Waals surface area (Å²) in [5.41, 5.74) is 3.83. The van der Waals surface area contributed by atoms with Gasteiger partial charge in [-0.05, 0) is 47.6 Å². The molecule has 4 N–H and O–H groups in total. The molecule has 1 fully saturated rings. The van der Waals surface area contributed by atoms with Crippen LogP contribution in [0.5, 0.6) is 0 Å². The predicted molar refractivity (Wildman–Crippen MR) is 113 cm³/mol. The van der Waals surface area contributed by atoms with Crippen LogP contribution in [0.15, 0.2) is 42.5 Å². The average Bonchev–Trinajstić information content (AvgIpc) is 2.76. The van der Waals surface area contributed by atoms with Crippen LogP contribution in [-0.4, -0.2) is 65.2 Å². The first-order valence-electron chi connectivity index (χ1n) is 10.4. The van der Waals surface area contributed by atoms with Gasteiger partial charge in [-0.25, -0.2) is 0 Å². The standard InChI is InChI=1S/C24H32O6/c1-4-16-6-8-17(9-7-16)11-18-12-19(10-5-15(18)2)24(14-29-3)23(28)22(27)21(26)20(13-25)30-24/h5-10,12,20-23,25-28H,4,11,13-14H2,1-3H3/t20?,21-,22+,23-,24?/m1/s1. The third kappa shape index (κ3) is 4.30. The van der Waals surface area contributed by atoms with Gasteiger partial charge in [0.05, 0.1) is 13.2 Å². The molecule has 30 heavy (non-hydrogen) atoms. The number of hydrogen-bond acceptors (Lipinski definition) is 6. The molecule has 0 radical (unpaired) electrons. The molecule has 0 aromatic heterocycles. The molecule has 6 heteroatoms. The van der Waals surface area contributed by atoms with Gasteiger partial charge in [-0.3, -0.25) is 0 Å². The first-order valence-corrected chi connectivity index (χ1v) is 10.4. The van der Waals surface area contributed by atoms with Crippen LogP contribution in [0.4, 0.5) is 0 Å². The zero-order chi connectivity index (χ0) is 21.9. The molecule has 0 amide bonds. The van der Waals surface area contributed by atoms with E-state index in [4.69, 9.17) is 9.47 Å².